The summed E-state index contributed by atoms with van der Waals surface area (Å²) in [5.41, 5.74) is 3.20. The average Bonchev–Trinajstić information content (AvgIpc) is 2.47. The minimum atomic E-state index is -4.65. The van der Waals surface area contributed by atoms with Gasteiger partial charge in [-0.2, -0.15) is 0 Å². The largest absolute Gasteiger partial charge is 0.573 e. The highest BCUT2D eigenvalue weighted by Gasteiger charge is 2.31. The molecule has 2 nitrogen and oxygen atoms in total. The molecule has 6 heteroatoms. The van der Waals surface area contributed by atoms with Crippen molar-refractivity contribution in [2.24, 2.45) is 0 Å². The summed E-state index contributed by atoms with van der Waals surface area (Å²) in [6.07, 6.45) is -4.65. The van der Waals surface area contributed by atoms with E-state index in [2.05, 4.69) is 15.2 Å². The third-order valence-corrected chi connectivity index (χ3v) is 2.22. The van der Waals surface area contributed by atoms with Crippen molar-refractivity contribution in [3.05, 3.63) is 23.7 Å². The summed E-state index contributed by atoms with van der Waals surface area (Å²) in [6.45, 7) is 0. The zero-order chi connectivity index (χ0) is 10.2. The van der Waals surface area contributed by atoms with Gasteiger partial charge < -0.3 is 4.74 Å². The molecule has 14 heavy (non-hydrogen) atoms. The maximum Gasteiger partial charge on any atom is 0.573 e. The molecule has 0 bridgehead atoms. The van der Waals surface area contributed by atoms with E-state index >= 15 is 0 Å². The van der Waals surface area contributed by atoms with E-state index in [-0.39, 0.29) is 5.75 Å². The highest BCUT2D eigenvalue weighted by molar-refractivity contribution is 7.16. The molecule has 1 aromatic carbocycles. The number of benzene rings is 1. The standard InChI is InChI=1S/C8H3F3NOS/c9-8(10,11)13-5-1-2-6-7(3-5)14-4-12-6/h1-3H. The van der Waals surface area contributed by atoms with E-state index in [9.17, 15) is 13.2 Å². The van der Waals surface area contributed by atoms with Crippen LogP contribution in [0.3, 0.4) is 0 Å². The normalized spacial score (nSPS) is 11.9. The zero-order valence-corrected chi connectivity index (χ0v) is 7.45. The van der Waals surface area contributed by atoms with E-state index in [0.717, 1.165) is 11.3 Å². The molecule has 1 aromatic heterocycles. The lowest BCUT2D eigenvalue weighted by Crippen LogP contribution is -2.16. The van der Waals surface area contributed by atoms with Gasteiger partial charge in [0.05, 0.1) is 10.2 Å². The van der Waals surface area contributed by atoms with Gasteiger partial charge in [0.15, 0.2) is 5.51 Å². The van der Waals surface area contributed by atoms with Gasteiger partial charge in [-0.3, -0.25) is 0 Å². The monoisotopic (exact) mass is 218 g/mol. The molecule has 73 valence electrons. The molecule has 2 rings (SSSR count). The lowest BCUT2D eigenvalue weighted by atomic mass is 10.3. The first-order valence-electron chi connectivity index (χ1n) is 3.57. The number of fused-ring (bicyclic) bond motifs is 1. The Balaban J connectivity index is 2.35. The zero-order valence-electron chi connectivity index (χ0n) is 6.63. The van der Waals surface area contributed by atoms with Crippen molar-refractivity contribution in [2.45, 2.75) is 6.36 Å². The van der Waals surface area contributed by atoms with E-state index < -0.39 is 6.36 Å². The second-order valence-corrected chi connectivity index (χ2v) is 3.31. The quantitative estimate of drug-likeness (QED) is 0.734. The Kier molecular flexibility index (Phi) is 2.07. The molecule has 0 saturated carbocycles. The fourth-order valence-corrected chi connectivity index (χ4v) is 1.62. The first kappa shape index (κ1) is 9.26. The number of halogens is 3. The molecule has 0 unspecified atom stereocenters. The number of aromatic nitrogens is 1. The van der Waals surface area contributed by atoms with Crippen LogP contribution in [0.4, 0.5) is 13.2 Å². The lowest BCUT2D eigenvalue weighted by Gasteiger charge is -2.07. The Bertz CT molecular complexity index is 451. The molecule has 0 aliphatic rings. The van der Waals surface area contributed by atoms with Crippen LogP contribution in [0, 0.1) is 5.51 Å². The second kappa shape index (κ2) is 3.13. The SMILES string of the molecule is FC(F)(F)Oc1ccc2n[c]sc2c1. The number of ether oxygens (including phenoxy) is 1. The van der Waals surface area contributed by atoms with Gasteiger partial charge in [-0.25, -0.2) is 4.98 Å². The molecule has 0 aliphatic carbocycles. The van der Waals surface area contributed by atoms with Gasteiger partial charge in [0, 0.05) is 0 Å². The molecule has 0 fully saturated rings. The maximum absolute atomic E-state index is 11.8. The van der Waals surface area contributed by atoms with Gasteiger partial charge in [-0.15, -0.1) is 24.5 Å². The van der Waals surface area contributed by atoms with Crippen LogP contribution in [0.15, 0.2) is 18.2 Å². The lowest BCUT2D eigenvalue weighted by molar-refractivity contribution is -0.274. The molecular weight excluding hydrogens is 215 g/mol. The average molecular weight is 218 g/mol. The van der Waals surface area contributed by atoms with Crippen LogP contribution in [-0.4, -0.2) is 11.3 Å². The van der Waals surface area contributed by atoms with Crippen molar-refractivity contribution in [3.63, 3.8) is 0 Å². The summed E-state index contributed by atoms with van der Waals surface area (Å²) in [5, 5.41) is 0. The summed E-state index contributed by atoms with van der Waals surface area (Å²) < 4.78 is 39.8. The highest BCUT2D eigenvalue weighted by Crippen LogP contribution is 2.27. The van der Waals surface area contributed by atoms with E-state index in [1.807, 2.05) is 0 Å². The van der Waals surface area contributed by atoms with E-state index in [1.165, 1.54) is 18.2 Å². The summed E-state index contributed by atoms with van der Waals surface area (Å²) in [6, 6.07) is 3.98. The van der Waals surface area contributed by atoms with E-state index in [0.29, 0.717) is 10.2 Å². The summed E-state index contributed by atoms with van der Waals surface area (Å²) in [5.74, 6) is -0.234. The highest BCUT2D eigenvalue weighted by atomic mass is 32.1. The topological polar surface area (TPSA) is 22.1 Å². The molecule has 0 spiro atoms. The van der Waals surface area contributed by atoms with E-state index in [1.54, 1.807) is 0 Å². The number of rotatable bonds is 1. The maximum atomic E-state index is 11.8. The Morgan fingerprint density at radius 3 is 2.86 bits per heavy atom. The fraction of sp³-hybridized carbons (Fsp3) is 0.125. The van der Waals surface area contributed by atoms with Crippen LogP contribution >= 0.6 is 11.3 Å². The fourth-order valence-electron chi connectivity index (χ4n) is 0.987. The Hall–Kier alpha value is -1.30. The predicted molar refractivity (Wildman–Crippen MR) is 45.1 cm³/mol. The van der Waals surface area contributed by atoms with Gasteiger partial charge in [0.2, 0.25) is 0 Å². The minimum absolute atomic E-state index is 0.234. The van der Waals surface area contributed by atoms with Crippen LogP contribution in [0.5, 0.6) is 5.75 Å². The van der Waals surface area contributed by atoms with Crippen molar-refractivity contribution < 1.29 is 17.9 Å². The Morgan fingerprint density at radius 1 is 1.36 bits per heavy atom. The Labute approximate surface area is 80.9 Å². The third-order valence-electron chi connectivity index (χ3n) is 1.49. The van der Waals surface area contributed by atoms with Crippen molar-refractivity contribution in [3.8, 4) is 5.75 Å². The summed E-state index contributed by atoms with van der Waals surface area (Å²) in [4.78, 5) is 3.81. The number of hydrogen-bond acceptors (Lipinski definition) is 3. The van der Waals surface area contributed by atoms with Crippen molar-refractivity contribution in [1.82, 2.24) is 4.98 Å². The number of thiazole rings is 1. The number of alkyl halides is 3. The van der Waals surface area contributed by atoms with Crippen LogP contribution in [0.2, 0.25) is 0 Å². The van der Waals surface area contributed by atoms with Gasteiger partial charge >= 0.3 is 6.36 Å². The summed E-state index contributed by atoms with van der Waals surface area (Å²) >= 11 is 1.14. The van der Waals surface area contributed by atoms with Gasteiger partial charge in [-0.1, -0.05) is 0 Å². The van der Waals surface area contributed by atoms with Crippen LogP contribution in [0.1, 0.15) is 0 Å². The molecule has 2 aromatic rings. The molecule has 1 radical (unpaired) electrons. The van der Waals surface area contributed by atoms with E-state index in [4.69, 9.17) is 0 Å². The first-order chi connectivity index (χ1) is 6.54. The first-order valence-corrected chi connectivity index (χ1v) is 4.39. The molecule has 0 aliphatic heterocycles. The van der Waals surface area contributed by atoms with Crippen molar-refractivity contribution in [2.75, 3.05) is 0 Å². The molecule has 0 atom stereocenters. The smallest absolute Gasteiger partial charge is 0.406 e. The minimum Gasteiger partial charge on any atom is -0.406 e. The van der Waals surface area contributed by atoms with Crippen molar-refractivity contribution >= 4 is 21.6 Å². The summed E-state index contributed by atoms with van der Waals surface area (Å²) in [7, 11) is 0. The van der Waals surface area contributed by atoms with Crippen LogP contribution in [-0.2, 0) is 0 Å². The molecule has 0 amide bonds. The third kappa shape index (κ3) is 1.95. The molecular formula is C8H3F3NOS. The van der Waals surface area contributed by atoms with Crippen molar-refractivity contribution in [1.29, 1.82) is 0 Å². The van der Waals surface area contributed by atoms with Crippen LogP contribution in [0.25, 0.3) is 10.2 Å². The van der Waals surface area contributed by atoms with Crippen LogP contribution < -0.4 is 4.74 Å². The number of nitrogens with zero attached hydrogens (tertiary/aromatic N) is 1. The Morgan fingerprint density at radius 2 is 2.14 bits per heavy atom. The predicted octanol–water partition coefficient (Wildman–Crippen LogP) is 3.00. The van der Waals surface area contributed by atoms with Gasteiger partial charge in [-0.05, 0) is 18.2 Å². The molecule has 0 saturated heterocycles. The van der Waals surface area contributed by atoms with Gasteiger partial charge in [0.25, 0.3) is 0 Å². The second-order valence-electron chi connectivity index (χ2n) is 2.48. The molecule has 0 N–H and O–H groups in total. The number of hydrogen-bond donors (Lipinski definition) is 0. The molecule has 1 heterocycles. The van der Waals surface area contributed by atoms with Gasteiger partial charge in [0.1, 0.15) is 5.75 Å².